The molecule has 0 aliphatic heterocycles. The van der Waals surface area contributed by atoms with Crippen LogP contribution in [0.3, 0.4) is 0 Å². The van der Waals surface area contributed by atoms with Crippen LogP contribution < -0.4 is 14.5 Å². The fourth-order valence-corrected chi connectivity index (χ4v) is 3.97. The molecule has 0 spiro atoms. The monoisotopic (exact) mass is 416 g/mol. The maximum atomic E-state index is 13.0. The highest BCUT2D eigenvalue weighted by Crippen LogP contribution is 2.38. The van der Waals surface area contributed by atoms with E-state index in [1.807, 2.05) is 36.4 Å². The SMILES string of the molecule is COc1ccc(Cl)c2sc(N(CC[NH+](C)C)C(=O)/C=C/c3ccccc3)nc12. The summed E-state index contributed by atoms with van der Waals surface area (Å²) in [6.07, 6.45) is 3.41. The average Bonchev–Trinajstić information content (AvgIpc) is 3.13. The molecule has 1 N–H and O–H groups in total. The number of halogens is 1. The van der Waals surface area contributed by atoms with Gasteiger partial charge in [-0.1, -0.05) is 53.3 Å². The Morgan fingerprint density at radius 2 is 2.00 bits per heavy atom. The van der Waals surface area contributed by atoms with E-state index in [1.165, 1.54) is 16.2 Å². The van der Waals surface area contributed by atoms with Crippen molar-refractivity contribution in [3.63, 3.8) is 0 Å². The number of methoxy groups -OCH3 is 1. The van der Waals surface area contributed by atoms with Crippen LogP contribution in [-0.2, 0) is 4.79 Å². The van der Waals surface area contributed by atoms with Gasteiger partial charge in [0.25, 0.3) is 5.91 Å². The molecule has 1 heterocycles. The zero-order valence-electron chi connectivity index (χ0n) is 16.1. The smallest absolute Gasteiger partial charge is 0.252 e. The lowest BCUT2D eigenvalue weighted by molar-refractivity contribution is -0.856. The molecule has 28 heavy (non-hydrogen) atoms. The maximum absolute atomic E-state index is 13.0. The van der Waals surface area contributed by atoms with Crippen molar-refractivity contribution in [1.29, 1.82) is 0 Å². The van der Waals surface area contributed by atoms with Crippen molar-refractivity contribution in [1.82, 2.24) is 4.98 Å². The Balaban J connectivity index is 1.95. The number of quaternary nitrogens is 1. The minimum Gasteiger partial charge on any atom is -0.494 e. The molecule has 5 nitrogen and oxygen atoms in total. The highest BCUT2D eigenvalue weighted by Gasteiger charge is 2.21. The van der Waals surface area contributed by atoms with E-state index in [2.05, 4.69) is 19.1 Å². The van der Waals surface area contributed by atoms with Gasteiger partial charge in [-0.15, -0.1) is 0 Å². The first-order chi connectivity index (χ1) is 13.5. The molecule has 146 valence electrons. The van der Waals surface area contributed by atoms with E-state index in [0.29, 0.717) is 28.0 Å². The number of hydrogen-bond donors (Lipinski definition) is 1. The normalized spacial score (nSPS) is 11.5. The fraction of sp³-hybridized carbons (Fsp3) is 0.238. The number of hydrogen-bond acceptors (Lipinski definition) is 4. The molecule has 3 rings (SSSR count). The van der Waals surface area contributed by atoms with Crippen LogP contribution in [0, 0.1) is 0 Å². The average molecular weight is 417 g/mol. The minimum atomic E-state index is -0.112. The summed E-state index contributed by atoms with van der Waals surface area (Å²) >= 11 is 7.75. The summed E-state index contributed by atoms with van der Waals surface area (Å²) in [6.45, 7) is 1.35. The van der Waals surface area contributed by atoms with E-state index >= 15 is 0 Å². The van der Waals surface area contributed by atoms with Crippen molar-refractivity contribution >= 4 is 50.3 Å². The molecule has 0 atom stereocenters. The predicted molar refractivity (Wildman–Crippen MR) is 117 cm³/mol. The third kappa shape index (κ3) is 4.70. The van der Waals surface area contributed by atoms with Crippen LogP contribution in [0.25, 0.3) is 16.3 Å². The summed E-state index contributed by atoms with van der Waals surface area (Å²) in [4.78, 5) is 20.6. The molecule has 0 aliphatic rings. The summed E-state index contributed by atoms with van der Waals surface area (Å²) in [7, 11) is 5.71. The van der Waals surface area contributed by atoms with Crippen molar-refractivity contribution in [2.75, 3.05) is 39.2 Å². The van der Waals surface area contributed by atoms with Crippen LogP contribution in [0.15, 0.2) is 48.5 Å². The summed E-state index contributed by atoms with van der Waals surface area (Å²) in [5.74, 6) is 0.534. The van der Waals surface area contributed by atoms with Gasteiger partial charge in [0.1, 0.15) is 11.3 Å². The van der Waals surface area contributed by atoms with E-state index in [1.54, 1.807) is 30.2 Å². The molecular formula is C21H23ClN3O2S+. The molecule has 0 radical (unpaired) electrons. The Bertz CT molecular complexity index is 986. The van der Waals surface area contributed by atoms with Crippen molar-refractivity contribution in [3.8, 4) is 5.75 Å². The van der Waals surface area contributed by atoms with Gasteiger partial charge in [-0.2, -0.15) is 0 Å². The third-order valence-electron chi connectivity index (χ3n) is 4.22. The number of benzene rings is 2. The molecule has 0 unspecified atom stereocenters. The molecule has 0 bridgehead atoms. The van der Waals surface area contributed by atoms with Crippen molar-refractivity contribution in [3.05, 3.63) is 59.1 Å². The van der Waals surface area contributed by atoms with E-state index in [0.717, 1.165) is 16.8 Å². The first kappa shape index (κ1) is 20.3. The lowest BCUT2D eigenvalue weighted by Crippen LogP contribution is -3.06. The fourth-order valence-electron chi connectivity index (χ4n) is 2.68. The maximum Gasteiger partial charge on any atom is 0.252 e. The van der Waals surface area contributed by atoms with Gasteiger partial charge in [-0.25, -0.2) is 4.98 Å². The lowest BCUT2D eigenvalue weighted by atomic mass is 10.2. The lowest BCUT2D eigenvalue weighted by Gasteiger charge is -2.19. The number of carbonyl (C=O) groups excluding carboxylic acids is 1. The number of thiazole rings is 1. The van der Waals surface area contributed by atoms with Crippen LogP contribution in [0.2, 0.25) is 5.02 Å². The Morgan fingerprint density at radius 3 is 2.68 bits per heavy atom. The van der Waals surface area contributed by atoms with Gasteiger partial charge in [0, 0.05) is 6.08 Å². The van der Waals surface area contributed by atoms with Crippen molar-refractivity contribution in [2.45, 2.75) is 0 Å². The van der Waals surface area contributed by atoms with E-state index in [9.17, 15) is 4.79 Å². The number of aromatic nitrogens is 1. The van der Waals surface area contributed by atoms with Gasteiger partial charge < -0.3 is 9.64 Å². The number of carbonyl (C=O) groups is 1. The molecule has 1 amide bonds. The van der Waals surface area contributed by atoms with Gasteiger partial charge in [0.2, 0.25) is 0 Å². The second kappa shape index (κ2) is 9.19. The molecule has 0 aliphatic carbocycles. The number of nitrogens with one attached hydrogen (secondary N) is 1. The molecule has 0 fully saturated rings. The van der Waals surface area contributed by atoms with Gasteiger partial charge >= 0.3 is 0 Å². The second-order valence-electron chi connectivity index (χ2n) is 6.61. The van der Waals surface area contributed by atoms with Crippen LogP contribution in [0.4, 0.5) is 5.13 Å². The predicted octanol–water partition coefficient (Wildman–Crippen LogP) is 3.15. The second-order valence-corrected chi connectivity index (χ2v) is 8.00. The Labute approximate surface area is 173 Å². The molecule has 7 heteroatoms. The third-order valence-corrected chi connectivity index (χ3v) is 5.76. The number of fused-ring (bicyclic) bond motifs is 1. The molecule has 3 aromatic rings. The minimum absolute atomic E-state index is 0.112. The largest absolute Gasteiger partial charge is 0.494 e. The van der Waals surface area contributed by atoms with Crippen LogP contribution in [0.1, 0.15) is 5.56 Å². The summed E-state index contributed by atoms with van der Waals surface area (Å²) in [5.41, 5.74) is 1.65. The summed E-state index contributed by atoms with van der Waals surface area (Å²) in [6, 6.07) is 13.3. The highest BCUT2D eigenvalue weighted by atomic mass is 35.5. The number of ether oxygens (including phenoxy) is 1. The number of anilines is 1. The standard InChI is InChI=1S/C21H22ClN3O2S/c1-24(2)13-14-25(18(26)12-9-15-7-5-4-6-8-15)21-23-19-17(27-3)11-10-16(22)20(19)28-21/h4-12H,13-14H2,1-3H3/p+1/b12-9+. The quantitative estimate of drug-likeness (QED) is 0.602. The van der Waals surface area contributed by atoms with Crippen LogP contribution >= 0.6 is 22.9 Å². The van der Waals surface area contributed by atoms with Crippen LogP contribution in [-0.4, -0.2) is 45.2 Å². The van der Waals surface area contributed by atoms with Crippen LogP contribution in [0.5, 0.6) is 5.75 Å². The first-order valence-corrected chi connectivity index (χ1v) is 10.2. The van der Waals surface area contributed by atoms with Gasteiger partial charge in [-0.05, 0) is 23.8 Å². The van der Waals surface area contributed by atoms with Gasteiger partial charge in [-0.3, -0.25) is 9.69 Å². The number of nitrogens with zero attached hydrogens (tertiary/aromatic N) is 2. The molecular weight excluding hydrogens is 394 g/mol. The Morgan fingerprint density at radius 1 is 1.25 bits per heavy atom. The summed E-state index contributed by atoms with van der Waals surface area (Å²) in [5, 5.41) is 1.22. The Hall–Kier alpha value is -2.41. The Kier molecular flexibility index (Phi) is 6.67. The number of amides is 1. The first-order valence-electron chi connectivity index (χ1n) is 8.96. The molecule has 1 aromatic heterocycles. The number of rotatable bonds is 7. The van der Waals surface area contributed by atoms with Gasteiger partial charge in [0.05, 0.1) is 44.0 Å². The zero-order chi connectivity index (χ0) is 20.1. The molecule has 2 aromatic carbocycles. The number of likely N-dealkylation sites (N-methyl/N-ethyl adjacent to an activating group) is 1. The van der Waals surface area contributed by atoms with E-state index < -0.39 is 0 Å². The summed E-state index contributed by atoms with van der Waals surface area (Å²) < 4.78 is 6.22. The van der Waals surface area contributed by atoms with Crippen molar-refractivity contribution < 1.29 is 14.4 Å². The van der Waals surface area contributed by atoms with Gasteiger partial charge in [0.15, 0.2) is 5.13 Å². The highest BCUT2D eigenvalue weighted by molar-refractivity contribution is 7.23. The van der Waals surface area contributed by atoms with E-state index in [4.69, 9.17) is 16.3 Å². The van der Waals surface area contributed by atoms with E-state index in [-0.39, 0.29) is 5.91 Å². The topological polar surface area (TPSA) is 46.9 Å². The molecule has 0 saturated carbocycles. The zero-order valence-corrected chi connectivity index (χ0v) is 17.7. The van der Waals surface area contributed by atoms with Crippen molar-refractivity contribution in [2.24, 2.45) is 0 Å². The molecule has 0 saturated heterocycles.